The molecule has 1 atom stereocenters. The van der Waals surface area contributed by atoms with Crippen LogP contribution in [0.3, 0.4) is 0 Å². The second kappa shape index (κ2) is 4.33. The van der Waals surface area contributed by atoms with Crippen molar-refractivity contribution in [3.8, 4) is 0 Å². The molecule has 0 bridgehead atoms. The fraction of sp³-hybridized carbons (Fsp3) is 0.500. The molecule has 0 heterocycles. The summed E-state index contributed by atoms with van der Waals surface area (Å²) in [7, 11) is 1.68. The standard InChI is InChI=1S/C8H14O/c1-5-6-8(9-4)7(2)3/h5-6,8H,2H2,1,3-4H3. The zero-order chi connectivity index (χ0) is 7.28. The van der Waals surface area contributed by atoms with E-state index >= 15 is 0 Å². The molecule has 0 amide bonds. The van der Waals surface area contributed by atoms with Gasteiger partial charge >= 0.3 is 0 Å². The van der Waals surface area contributed by atoms with E-state index in [1.807, 2.05) is 26.0 Å². The van der Waals surface area contributed by atoms with E-state index in [1.54, 1.807) is 7.11 Å². The molecule has 0 aromatic heterocycles. The van der Waals surface area contributed by atoms with Crippen molar-refractivity contribution in [2.24, 2.45) is 0 Å². The van der Waals surface area contributed by atoms with Crippen LogP contribution in [0.25, 0.3) is 0 Å². The Morgan fingerprint density at radius 2 is 2.22 bits per heavy atom. The van der Waals surface area contributed by atoms with Crippen LogP contribution in [0.5, 0.6) is 0 Å². The predicted molar refractivity (Wildman–Crippen MR) is 40.4 cm³/mol. The molecule has 1 nitrogen and oxygen atoms in total. The number of methoxy groups -OCH3 is 1. The SMILES string of the molecule is C=C(C)C(C=CC)OC. The molecule has 0 spiro atoms. The van der Waals surface area contributed by atoms with Crippen molar-refractivity contribution in [3.05, 3.63) is 24.3 Å². The average Bonchev–Trinajstić information content (AvgIpc) is 1.82. The fourth-order valence-electron chi connectivity index (χ4n) is 0.619. The van der Waals surface area contributed by atoms with E-state index in [4.69, 9.17) is 4.74 Å². The molecule has 0 aliphatic heterocycles. The summed E-state index contributed by atoms with van der Waals surface area (Å²) >= 11 is 0. The topological polar surface area (TPSA) is 9.23 Å². The highest BCUT2D eigenvalue weighted by molar-refractivity contribution is 5.08. The molecule has 0 rings (SSSR count). The summed E-state index contributed by atoms with van der Waals surface area (Å²) in [4.78, 5) is 0. The maximum absolute atomic E-state index is 5.07. The molecule has 0 fully saturated rings. The second-order valence-electron chi connectivity index (χ2n) is 2.03. The normalized spacial score (nSPS) is 14.1. The average molecular weight is 126 g/mol. The van der Waals surface area contributed by atoms with Crippen LogP contribution < -0.4 is 0 Å². The lowest BCUT2D eigenvalue weighted by Crippen LogP contribution is -2.06. The van der Waals surface area contributed by atoms with Crippen molar-refractivity contribution in [3.63, 3.8) is 0 Å². The minimum absolute atomic E-state index is 0.0926. The van der Waals surface area contributed by atoms with Crippen LogP contribution in [-0.2, 0) is 4.74 Å². The summed E-state index contributed by atoms with van der Waals surface area (Å²) in [5.74, 6) is 0. The summed E-state index contributed by atoms with van der Waals surface area (Å²) in [6.07, 6.45) is 4.03. The smallest absolute Gasteiger partial charge is 0.0957 e. The monoisotopic (exact) mass is 126 g/mol. The van der Waals surface area contributed by atoms with Gasteiger partial charge in [0.25, 0.3) is 0 Å². The van der Waals surface area contributed by atoms with E-state index in [2.05, 4.69) is 6.58 Å². The highest BCUT2D eigenvalue weighted by Gasteiger charge is 1.99. The second-order valence-corrected chi connectivity index (χ2v) is 2.03. The van der Waals surface area contributed by atoms with Gasteiger partial charge in [-0.15, -0.1) is 0 Å². The molecule has 0 saturated heterocycles. The van der Waals surface area contributed by atoms with Gasteiger partial charge in [0, 0.05) is 7.11 Å². The van der Waals surface area contributed by atoms with Crippen LogP contribution in [0.15, 0.2) is 24.3 Å². The van der Waals surface area contributed by atoms with E-state index in [0.29, 0.717) is 0 Å². The third-order valence-corrected chi connectivity index (χ3v) is 1.11. The summed E-state index contributed by atoms with van der Waals surface area (Å²) in [5.41, 5.74) is 1.04. The lowest BCUT2D eigenvalue weighted by atomic mass is 10.2. The summed E-state index contributed by atoms with van der Waals surface area (Å²) in [5, 5.41) is 0. The lowest BCUT2D eigenvalue weighted by Gasteiger charge is -2.08. The Bertz CT molecular complexity index is 114. The third-order valence-electron chi connectivity index (χ3n) is 1.11. The first-order valence-corrected chi connectivity index (χ1v) is 3.03. The van der Waals surface area contributed by atoms with Gasteiger partial charge in [0.2, 0.25) is 0 Å². The van der Waals surface area contributed by atoms with Gasteiger partial charge < -0.3 is 4.74 Å². The highest BCUT2D eigenvalue weighted by atomic mass is 16.5. The largest absolute Gasteiger partial charge is 0.373 e. The molecular formula is C8H14O. The zero-order valence-corrected chi connectivity index (χ0v) is 6.35. The Morgan fingerprint density at radius 3 is 2.33 bits per heavy atom. The first-order chi connectivity index (χ1) is 4.22. The maximum atomic E-state index is 5.07. The van der Waals surface area contributed by atoms with Gasteiger partial charge in [0.15, 0.2) is 0 Å². The summed E-state index contributed by atoms with van der Waals surface area (Å²) in [6, 6.07) is 0. The minimum Gasteiger partial charge on any atom is -0.373 e. The van der Waals surface area contributed by atoms with E-state index in [0.717, 1.165) is 5.57 Å². The molecule has 0 radical (unpaired) electrons. The van der Waals surface area contributed by atoms with Crippen molar-refractivity contribution in [1.29, 1.82) is 0 Å². The van der Waals surface area contributed by atoms with Gasteiger partial charge in [-0.3, -0.25) is 0 Å². The highest BCUT2D eigenvalue weighted by Crippen LogP contribution is 2.02. The van der Waals surface area contributed by atoms with Gasteiger partial charge in [-0.2, -0.15) is 0 Å². The van der Waals surface area contributed by atoms with Gasteiger partial charge in [0.1, 0.15) is 0 Å². The van der Waals surface area contributed by atoms with E-state index in [1.165, 1.54) is 0 Å². The Balaban J connectivity index is 3.83. The molecule has 0 aromatic rings. The Kier molecular flexibility index (Phi) is 4.06. The Morgan fingerprint density at radius 1 is 1.67 bits per heavy atom. The number of hydrogen-bond donors (Lipinski definition) is 0. The molecule has 9 heavy (non-hydrogen) atoms. The third kappa shape index (κ3) is 3.09. The Labute approximate surface area is 57.0 Å². The number of rotatable bonds is 3. The molecule has 0 aliphatic rings. The van der Waals surface area contributed by atoms with Gasteiger partial charge in [-0.25, -0.2) is 0 Å². The zero-order valence-electron chi connectivity index (χ0n) is 6.35. The van der Waals surface area contributed by atoms with E-state index in [9.17, 15) is 0 Å². The van der Waals surface area contributed by atoms with Crippen LogP contribution in [0, 0.1) is 0 Å². The molecule has 0 aliphatic carbocycles. The summed E-state index contributed by atoms with van der Waals surface area (Å²) < 4.78 is 5.07. The molecule has 1 unspecified atom stereocenters. The first kappa shape index (κ1) is 8.44. The van der Waals surface area contributed by atoms with Crippen LogP contribution in [0.1, 0.15) is 13.8 Å². The fourth-order valence-corrected chi connectivity index (χ4v) is 0.619. The molecule has 1 heteroatoms. The van der Waals surface area contributed by atoms with Crippen molar-refractivity contribution in [2.75, 3.05) is 7.11 Å². The van der Waals surface area contributed by atoms with Crippen molar-refractivity contribution >= 4 is 0 Å². The number of ether oxygens (including phenoxy) is 1. The molecule has 0 saturated carbocycles. The lowest BCUT2D eigenvalue weighted by molar-refractivity contribution is 0.169. The van der Waals surface area contributed by atoms with Crippen LogP contribution in [0.4, 0.5) is 0 Å². The van der Waals surface area contributed by atoms with Crippen LogP contribution in [0.2, 0.25) is 0 Å². The molecule has 0 aromatic carbocycles. The first-order valence-electron chi connectivity index (χ1n) is 3.03. The summed E-state index contributed by atoms with van der Waals surface area (Å²) in [6.45, 7) is 7.69. The van der Waals surface area contributed by atoms with Gasteiger partial charge in [-0.1, -0.05) is 18.7 Å². The van der Waals surface area contributed by atoms with Crippen molar-refractivity contribution in [2.45, 2.75) is 20.0 Å². The van der Waals surface area contributed by atoms with Gasteiger partial charge in [-0.05, 0) is 19.4 Å². The Hall–Kier alpha value is -0.560. The number of hydrogen-bond acceptors (Lipinski definition) is 1. The van der Waals surface area contributed by atoms with E-state index < -0.39 is 0 Å². The molecule has 0 N–H and O–H groups in total. The number of allylic oxidation sites excluding steroid dienone is 1. The van der Waals surface area contributed by atoms with Crippen LogP contribution >= 0.6 is 0 Å². The molecule has 52 valence electrons. The van der Waals surface area contributed by atoms with Crippen LogP contribution in [-0.4, -0.2) is 13.2 Å². The van der Waals surface area contributed by atoms with Crippen molar-refractivity contribution in [1.82, 2.24) is 0 Å². The quantitative estimate of drug-likeness (QED) is 0.526. The molecular weight excluding hydrogens is 112 g/mol. The van der Waals surface area contributed by atoms with Crippen molar-refractivity contribution < 1.29 is 4.74 Å². The van der Waals surface area contributed by atoms with Gasteiger partial charge in [0.05, 0.1) is 6.10 Å². The maximum Gasteiger partial charge on any atom is 0.0957 e. The minimum atomic E-state index is 0.0926. The van der Waals surface area contributed by atoms with E-state index in [-0.39, 0.29) is 6.10 Å². The predicted octanol–water partition coefficient (Wildman–Crippen LogP) is 2.15.